The predicted molar refractivity (Wildman–Crippen MR) is 73.4 cm³/mol. The second-order valence-corrected chi connectivity index (χ2v) is 6.37. The first kappa shape index (κ1) is 13.3. The zero-order valence-corrected chi connectivity index (χ0v) is 11.5. The van der Waals surface area contributed by atoms with Gasteiger partial charge < -0.3 is 0 Å². The Morgan fingerprint density at radius 1 is 1.38 bits per heavy atom. The summed E-state index contributed by atoms with van der Waals surface area (Å²) >= 11 is 0. The van der Waals surface area contributed by atoms with Crippen LogP contribution < -0.4 is 0 Å². The summed E-state index contributed by atoms with van der Waals surface area (Å²) in [7, 11) is 0. The standard InChI is InChI=1S/C16H26/c1-13(2)11-15-8-6-7-14(12-15)9-10-16(3,4)5/h6,8-10,12-14H,7,11H2,1-5H3/b10-9+. The fourth-order valence-corrected chi connectivity index (χ4v) is 1.93. The van der Waals surface area contributed by atoms with Crippen LogP contribution in [-0.2, 0) is 0 Å². The monoisotopic (exact) mass is 218 g/mol. The van der Waals surface area contributed by atoms with E-state index in [1.54, 1.807) is 0 Å². The lowest BCUT2D eigenvalue weighted by Gasteiger charge is -2.17. The Labute approximate surface area is 101 Å². The van der Waals surface area contributed by atoms with Gasteiger partial charge in [-0.2, -0.15) is 0 Å². The molecule has 0 amide bonds. The van der Waals surface area contributed by atoms with Crippen molar-refractivity contribution in [3.63, 3.8) is 0 Å². The number of allylic oxidation sites excluding steroid dienone is 6. The zero-order valence-electron chi connectivity index (χ0n) is 11.5. The highest BCUT2D eigenvalue weighted by molar-refractivity contribution is 5.26. The van der Waals surface area contributed by atoms with Gasteiger partial charge in [0.25, 0.3) is 0 Å². The van der Waals surface area contributed by atoms with Crippen LogP contribution in [0, 0.1) is 17.3 Å². The summed E-state index contributed by atoms with van der Waals surface area (Å²) in [6.07, 6.45) is 14.1. The fraction of sp³-hybridized carbons (Fsp3) is 0.625. The molecular formula is C16H26. The van der Waals surface area contributed by atoms with E-state index in [9.17, 15) is 0 Å². The minimum atomic E-state index is 0.299. The van der Waals surface area contributed by atoms with Gasteiger partial charge >= 0.3 is 0 Å². The van der Waals surface area contributed by atoms with E-state index in [1.165, 1.54) is 12.0 Å². The highest BCUT2D eigenvalue weighted by Crippen LogP contribution is 2.24. The first-order valence-electron chi connectivity index (χ1n) is 6.43. The SMILES string of the molecule is CC(C)CC1=CC(/C=C/C(C)(C)C)CC=C1. The molecule has 0 nitrogen and oxygen atoms in total. The van der Waals surface area contributed by atoms with E-state index < -0.39 is 0 Å². The molecule has 0 saturated carbocycles. The Bertz CT molecular complexity index is 294. The minimum absolute atomic E-state index is 0.299. The van der Waals surface area contributed by atoms with Crippen molar-refractivity contribution < 1.29 is 0 Å². The highest BCUT2D eigenvalue weighted by Gasteiger charge is 2.10. The Kier molecular flexibility index (Phi) is 4.58. The van der Waals surface area contributed by atoms with Gasteiger partial charge in [-0.25, -0.2) is 0 Å². The van der Waals surface area contributed by atoms with Crippen LogP contribution in [0.4, 0.5) is 0 Å². The van der Waals surface area contributed by atoms with Crippen molar-refractivity contribution in [1.82, 2.24) is 0 Å². The summed E-state index contributed by atoms with van der Waals surface area (Å²) < 4.78 is 0. The number of hydrogen-bond acceptors (Lipinski definition) is 0. The van der Waals surface area contributed by atoms with E-state index >= 15 is 0 Å². The second kappa shape index (κ2) is 5.52. The smallest absolute Gasteiger partial charge is 0.00128 e. The molecule has 0 heterocycles. The molecule has 1 aliphatic carbocycles. The molecule has 0 saturated heterocycles. The third kappa shape index (κ3) is 5.34. The number of hydrogen-bond donors (Lipinski definition) is 0. The molecule has 1 atom stereocenters. The van der Waals surface area contributed by atoms with Crippen LogP contribution in [0.25, 0.3) is 0 Å². The van der Waals surface area contributed by atoms with Crippen LogP contribution in [0.5, 0.6) is 0 Å². The van der Waals surface area contributed by atoms with Gasteiger partial charge in [0.2, 0.25) is 0 Å². The van der Waals surface area contributed by atoms with Gasteiger partial charge in [0.05, 0.1) is 0 Å². The summed E-state index contributed by atoms with van der Waals surface area (Å²) in [5.41, 5.74) is 1.80. The molecule has 1 unspecified atom stereocenters. The lowest BCUT2D eigenvalue weighted by molar-refractivity contribution is 0.538. The van der Waals surface area contributed by atoms with Gasteiger partial charge in [0.1, 0.15) is 0 Å². The molecule has 1 rings (SSSR count). The Morgan fingerprint density at radius 3 is 2.62 bits per heavy atom. The van der Waals surface area contributed by atoms with E-state index in [0.717, 1.165) is 12.3 Å². The largest absolute Gasteiger partial charge is 0.0834 e. The van der Waals surface area contributed by atoms with Crippen LogP contribution >= 0.6 is 0 Å². The molecule has 0 radical (unpaired) electrons. The molecule has 0 heteroatoms. The predicted octanol–water partition coefficient (Wildman–Crippen LogP) is 5.14. The molecule has 16 heavy (non-hydrogen) atoms. The molecular weight excluding hydrogens is 192 g/mol. The molecule has 0 bridgehead atoms. The van der Waals surface area contributed by atoms with Gasteiger partial charge in [-0.15, -0.1) is 0 Å². The molecule has 0 N–H and O–H groups in total. The molecule has 0 spiro atoms. The molecule has 0 aromatic heterocycles. The van der Waals surface area contributed by atoms with Crippen LogP contribution in [0.15, 0.2) is 36.0 Å². The maximum Gasteiger partial charge on any atom is -0.00128 e. The van der Waals surface area contributed by atoms with E-state index in [4.69, 9.17) is 0 Å². The summed E-state index contributed by atoms with van der Waals surface area (Å²) in [6, 6.07) is 0. The van der Waals surface area contributed by atoms with Crippen molar-refractivity contribution in [3.05, 3.63) is 36.0 Å². The fourth-order valence-electron chi connectivity index (χ4n) is 1.93. The van der Waals surface area contributed by atoms with Crippen molar-refractivity contribution in [1.29, 1.82) is 0 Å². The van der Waals surface area contributed by atoms with Gasteiger partial charge in [0.15, 0.2) is 0 Å². The third-order valence-corrected chi connectivity index (χ3v) is 2.66. The molecule has 0 aromatic rings. The van der Waals surface area contributed by atoms with Crippen molar-refractivity contribution in [2.45, 2.75) is 47.5 Å². The number of rotatable bonds is 3. The first-order valence-corrected chi connectivity index (χ1v) is 6.43. The Balaban J connectivity index is 2.61. The average Bonchev–Trinajstić information content (AvgIpc) is 2.13. The normalized spacial score (nSPS) is 21.9. The van der Waals surface area contributed by atoms with E-state index in [0.29, 0.717) is 11.3 Å². The zero-order chi connectivity index (χ0) is 12.2. The summed E-state index contributed by atoms with van der Waals surface area (Å²) in [5.74, 6) is 1.36. The minimum Gasteiger partial charge on any atom is -0.0834 e. The van der Waals surface area contributed by atoms with Crippen LogP contribution in [0.2, 0.25) is 0 Å². The highest BCUT2D eigenvalue weighted by atomic mass is 14.2. The van der Waals surface area contributed by atoms with E-state index in [1.807, 2.05) is 0 Å². The quantitative estimate of drug-likeness (QED) is 0.575. The maximum absolute atomic E-state index is 2.43. The summed E-state index contributed by atoms with van der Waals surface area (Å²) in [6.45, 7) is 11.3. The lowest BCUT2D eigenvalue weighted by Crippen LogP contribution is -2.03. The molecule has 0 fully saturated rings. The molecule has 0 aliphatic heterocycles. The lowest BCUT2D eigenvalue weighted by atomic mass is 9.88. The van der Waals surface area contributed by atoms with Crippen LogP contribution in [-0.4, -0.2) is 0 Å². The summed E-state index contributed by atoms with van der Waals surface area (Å²) in [5, 5.41) is 0. The van der Waals surface area contributed by atoms with Gasteiger partial charge in [-0.05, 0) is 30.1 Å². The van der Waals surface area contributed by atoms with E-state index in [2.05, 4.69) is 65.0 Å². The van der Waals surface area contributed by atoms with Crippen molar-refractivity contribution in [3.8, 4) is 0 Å². The second-order valence-electron chi connectivity index (χ2n) is 6.37. The Hall–Kier alpha value is -0.780. The average molecular weight is 218 g/mol. The molecule has 0 aromatic carbocycles. The van der Waals surface area contributed by atoms with Gasteiger partial charge in [-0.1, -0.05) is 70.6 Å². The third-order valence-electron chi connectivity index (χ3n) is 2.66. The summed E-state index contributed by atoms with van der Waals surface area (Å²) in [4.78, 5) is 0. The van der Waals surface area contributed by atoms with Crippen LogP contribution in [0.3, 0.4) is 0 Å². The Morgan fingerprint density at radius 2 is 2.06 bits per heavy atom. The molecule has 1 aliphatic rings. The maximum atomic E-state index is 2.43. The first-order chi connectivity index (χ1) is 7.37. The van der Waals surface area contributed by atoms with Crippen molar-refractivity contribution in [2.24, 2.45) is 17.3 Å². The van der Waals surface area contributed by atoms with Gasteiger partial charge in [0, 0.05) is 0 Å². The van der Waals surface area contributed by atoms with Crippen LogP contribution in [0.1, 0.15) is 47.5 Å². The topological polar surface area (TPSA) is 0 Å². The van der Waals surface area contributed by atoms with Crippen molar-refractivity contribution in [2.75, 3.05) is 0 Å². The van der Waals surface area contributed by atoms with E-state index in [-0.39, 0.29) is 0 Å². The van der Waals surface area contributed by atoms with Crippen molar-refractivity contribution >= 4 is 0 Å². The van der Waals surface area contributed by atoms with Gasteiger partial charge in [-0.3, -0.25) is 0 Å². The molecule has 90 valence electrons.